The van der Waals surface area contributed by atoms with Crippen molar-refractivity contribution in [1.82, 2.24) is 0 Å². The van der Waals surface area contributed by atoms with Gasteiger partial charge in [0.15, 0.2) is 4.67 Å². The highest BCUT2D eigenvalue weighted by Gasteiger charge is 2.28. The van der Waals surface area contributed by atoms with Crippen molar-refractivity contribution in [3.63, 3.8) is 0 Å². The molecule has 1 atom stereocenters. The molecule has 1 saturated carbocycles. The van der Waals surface area contributed by atoms with Crippen molar-refractivity contribution >= 4 is 15.9 Å². The lowest BCUT2D eigenvalue weighted by Gasteiger charge is -2.28. The number of aliphatic hydroxyl groups excluding tert-OH is 1. The van der Waals surface area contributed by atoms with Gasteiger partial charge in [-0.1, -0.05) is 6.42 Å². The van der Waals surface area contributed by atoms with E-state index >= 15 is 0 Å². The minimum atomic E-state index is -0.398. The SMILES string of the molecule is OC(c1ccc(Br)o1)C1CCC1. The van der Waals surface area contributed by atoms with E-state index in [0.29, 0.717) is 16.3 Å². The molecule has 0 spiro atoms. The number of furan rings is 1. The maximum Gasteiger partial charge on any atom is 0.169 e. The standard InChI is InChI=1S/C9H11BrO2/c10-8-5-4-7(12-8)9(11)6-2-1-3-6/h4-6,9,11H,1-3H2. The van der Waals surface area contributed by atoms with Crippen molar-refractivity contribution in [2.45, 2.75) is 25.4 Å². The first kappa shape index (κ1) is 8.32. The van der Waals surface area contributed by atoms with Crippen molar-refractivity contribution < 1.29 is 9.52 Å². The summed E-state index contributed by atoms with van der Waals surface area (Å²) < 4.78 is 5.96. The zero-order chi connectivity index (χ0) is 8.55. The average molecular weight is 231 g/mol. The summed E-state index contributed by atoms with van der Waals surface area (Å²) in [6.07, 6.45) is 3.09. The molecule has 1 N–H and O–H groups in total. The molecule has 0 saturated heterocycles. The van der Waals surface area contributed by atoms with Gasteiger partial charge in [-0.05, 0) is 46.8 Å². The molecule has 12 heavy (non-hydrogen) atoms. The normalized spacial score (nSPS) is 20.5. The van der Waals surface area contributed by atoms with E-state index in [4.69, 9.17) is 4.42 Å². The topological polar surface area (TPSA) is 33.4 Å². The molecule has 3 heteroatoms. The Labute approximate surface area is 79.7 Å². The molecule has 2 nitrogen and oxygen atoms in total. The van der Waals surface area contributed by atoms with E-state index in [1.54, 1.807) is 0 Å². The minimum Gasteiger partial charge on any atom is -0.452 e. The summed E-state index contributed by atoms with van der Waals surface area (Å²) >= 11 is 3.21. The van der Waals surface area contributed by atoms with Gasteiger partial charge >= 0.3 is 0 Å². The zero-order valence-electron chi connectivity index (χ0n) is 6.66. The van der Waals surface area contributed by atoms with Crippen LogP contribution < -0.4 is 0 Å². The fraction of sp³-hybridized carbons (Fsp3) is 0.556. The fourth-order valence-electron chi connectivity index (χ4n) is 1.48. The molecule has 1 heterocycles. The summed E-state index contributed by atoms with van der Waals surface area (Å²) in [6, 6.07) is 3.64. The van der Waals surface area contributed by atoms with Gasteiger partial charge in [0, 0.05) is 0 Å². The molecule has 2 rings (SSSR count). The van der Waals surface area contributed by atoms with Gasteiger partial charge in [0.2, 0.25) is 0 Å². The van der Waals surface area contributed by atoms with E-state index in [-0.39, 0.29) is 0 Å². The van der Waals surface area contributed by atoms with E-state index in [1.165, 1.54) is 6.42 Å². The second-order valence-electron chi connectivity index (χ2n) is 3.28. The van der Waals surface area contributed by atoms with Crippen LogP contribution >= 0.6 is 15.9 Å². The van der Waals surface area contributed by atoms with Gasteiger partial charge < -0.3 is 9.52 Å². The second kappa shape index (κ2) is 3.23. The summed E-state index contributed by atoms with van der Waals surface area (Å²) in [7, 11) is 0. The molecule has 1 aromatic heterocycles. The molecule has 1 unspecified atom stereocenters. The third-order valence-corrected chi connectivity index (χ3v) is 2.91. The number of aliphatic hydroxyl groups is 1. The Balaban J connectivity index is 2.08. The molecule has 1 aliphatic carbocycles. The predicted octanol–water partition coefficient (Wildman–Crippen LogP) is 2.88. The lowest BCUT2D eigenvalue weighted by Crippen LogP contribution is -2.19. The van der Waals surface area contributed by atoms with Crippen LogP contribution in [0.3, 0.4) is 0 Å². The number of halogens is 1. The van der Waals surface area contributed by atoms with Crippen LogP contribution in [0, 0.1) is 5.92 Å². The molecule has 0 aliphatic heterocycles. The summed E-state index contributed by atoms with van der Waals surface area (Å²) in [5.41, 5.74) is 0. The monoisotopic (exact) mass is 230 g/mol. The van der Waals surface area contributed by atoms with Gasteiger partial charge in [-0.2, -0.15) is 0 Å². The van der Waals surface area contributed by atoms with E-state index in [2.05, 4.69) is 15.9 Å². The Morgan fingerprint density at radius 1 is 1.50 bits per heavy atom. The first-order valence-corrected chi connectivity index (χ1v) is 5.00. The zero-order valence-corrected chi connectivity index (χ0v) is 8.25. The molecule has 1 aromatic rings. The minimum absolute atomic E-state index is 0.398. The van der Waals surface area contributed by atoms with Crippen LogP contribution in [0.1, 0.15) is 31.1 Å². The van der Waals surface area contributed by atoms with Crippen LogP contribution in [-0.2, 0) is 0 Å². The smallest absolute Gasteiger partial charge is 0.169 e. The van der Waals surface area contributed by atoms with E-state index in [0.717, 1.165) is 12.8 Å². The molecule has 66 valence electrons. The Morgan fingerprint density at radius 2 is 2.25 bits per heavy atom. The third-order valence-electron chi connectivity index (χ3n) is 2.48. The van der Waals surface area contributed by atoms with Gasteiger partial charge in [0.1, 0.15) is 11.9 Å². The van der Waals surface area contributed by atoms with Crippen LogP contribution in [0.25, 0.3) is 0 Å². The van der Waals surface area contributed by atoms with Crippen LogP contribution in [0.5, 0.6) is 0 Å². The van der Waals surface area contributed by atoms with Crippen molar-refractivity contribution in [3.05, 3.63) is 22.6 Å². The molecule has 1 fully saturated rings. The maximum atomic E-state index is 9.74. The van der Waals surface area contributed by atoms with Crippen LogP contribution in [0.2, 0.25) is 0 Å². The molecular formula is C9H11BrO2. The largest absolute Gasteiger partial charge is 0.452 e. The second-order valence-corrected chi connectivity index (χ2v) is 4.06. The molecular weight excluding hydrogens is 220 g/mol. The summed E-state index contributed by atoms with van der Waals surface area (Å²) in [6.45, 7) is 0. The van der Waals surface area contributed by atoms with Crippen molar-refractivity contribution in [2.75, 3.05) is 0 Å². The first-order chi connectivity index (χ1) is 5.77. The predicted molar refractivity (Wildman–Crippen MR) is 48.7 cm³/mol. The van der Waals surface area contributed by atoms with Gasteiger partial charge in [0.25, 0.3) is 0 Å². The Kier molecular flexibility index (Phi) is 2.24. The maximum absolute atomic E-state index is 9.74. The Hall–Kier alpha value is -0.280. The van der Waals surface area contributed by atoms with Crippen LogP contribution in [-0.4, -0.2) is 5.11 Å². The van der Waals surface area contributed by atoms with Crippen LogP contribution in [0.15, 0.2) is 21.2 Å². The van der Waals surface area contributed by atoms with Crippen molar-refractivity contribution in [2.24, 2.45) is 5.92 Å². The highest BCUT2D eigenvalue weighted by molar-refractivity contribution is 9.10. The van der Waals surface area contributed by atoms with Gasteiger partial charge in [0.05, 0.1) is 0 Å². The van der Waals surface area contributed by atoms with Crippen LogP contribution in [0.4, 0.5) is 0 Å². The molecule has 0 aromatic carbocycles. The van der Waals surface area contributed by atoms with Gasteiger partial charge in [-0.3, -0.25) is 0 Å². The summed E-state index contributed by atoms with van der Waals surface area (Å²) in [4.78, 5) is 0. The van der Waals surface area contributed by atoms with E-state index < -0.39 is 6.10 Å². The van der Waals surface area contributed by atoms with E-state index in [1.807, 2.05) is 12.1 Å². The summed E-state index contributed by atoms with van der Waals surface area (Å²) in [5, 5.41) is 9.74. The lowest BCUT2D eigenvalue weighted by molar-refractivity contribution is 0.0437. The molecule has 0 bridgehead atoms. The molecule has 1 aliphatic rings. The lowest BCUT2D eigenvalue weighted by atomic mass is 9.80. The number of hydrogen-bond donors (Lipinski definition) is 1. The van der Waals surface area contributed by atoms with Crippen molar-refractivity contribution in [1.29, 1.82) is 0 Å². The number of hydrogen-bond acceptors (Lipinski definition) is 2. The molecule has 0 radical (unpaired) electrons. The highest BCUT2D eigenvalue weighted by Crippen LogP contribution is 2.38. The van der Waals surface area contributed by atoms with Crippen molar-refractivity contribution in [3.8, 4) is 0 Å². The fourth-order valence-corrected chi connectivity index (χ4v) is 1.79. The number of rotatable bonds is 2. The van der Waals surface area contributed by atoms with Gasteiger partial charge in [-0.15, -0.1) is 0 Å². The highest BCUT2D eigenvalue weighted by atomic mass is 79.9. The quantitative estimate of drug-likeness (QED) is 0.848. The average Bonchev–Trinajstić information content (AvgIpc) is 2.31. The van der Waals surface area contributed by atoms with E-state index in [9.17, 15) is 5.11 Å². The Bertz CT molecular complexity index is 265. The first-order valence-electron chi connectivity index (χ1n) is 4.20. The Morgan fingerprint density at radius 3 is 2.67 bits per heavy atom. The molecule has 0 amide bonds. The van der Waals surface area contributed by atoms with Gasteiger partial charge in [-0.25, -0.2) is 0 Å². The summed E-state index contributed by atoms with van der Waals surface area (Å²) in [5.74, 6) is 1.11. The third kappa shape index (κ3) is 1.43.